The molecule has 0 saturated heterocycles. The fraction of sp³-hybridized carbons (Fsp3) is 0.444. The third-order valence-electron chi connectivity index (χ3n) is 6.90. The lowest BCUT2D eigenvalue weighted by Crippen LogP contribution is -2.50. The van der Waals surface area contributed by atoms with Crippen LogP contribution in [0.2, 0.25) is 0 Å². The van der Waals surface area contributed by atoms with Gasteiger partial charge in [0.25, 0.3) is 5.91 Å². The highest BCUT2D eigenvalue weighted by Gasteiger charge is 2.38. The molecule has 0 unspecified atom stereocenters. The first-order valence-electron chi connectivity index (χ1n) is 12.2. The summed E-state index contributed by atoms with van der Waals surface area (Å²) in [6.07, 6.45) is 4.79. The van der Waals surface area contributed by atoms with Crippen LogP contribution in [0.25, 0.3) is 5.57 Å². The molecule has 0 spiro atoms. The van der Waals surface area contributed by atoms with E-state index < -0.39 is 22.2 Å². The van der Waals surface area contributed by atoms with E-state index in [1.54, 1.807) is 37.1 Å². The molecule has 1 aliphatic carbocycles. The minimum atomic E-state index is -3.89. The van der Waals surface area contributed by atoms with Crippen molar-refractivity contribution in [2.45, 2.75) is 50.2 Å². The number of likely N-dealkylation sites (N-methyl/N-ethyl adjacent to an activating group) is 1. The maximum absolute atomic E-state index is 13.6. The molecule has 4 rings (SSSR count). The van der Waals surface area contributed by atoms with Crippen LogP contribution in [0.15, 0.2) is 59.5 Å². The summed E-state index contributed by atoms with van der Waals surface area (Å²) >= 11 is 0. The summed E-state index contributed by atoms with van der Waals surface area (Å²) in [6, 6.07) is 13.7. The highest BCUT2D eigenvalue weighted by molar-refractivity contribution is 7.89. The van der Waals surface area contributed by atoms with E-state index in [9.17, 15) is 18.3 Å². The first kappa shape index (κ1) is 25.4. The smallest absolute Gasteiger partial charge is 0.253 e. The number of amides is 1. The van der Waals surface area contributed by atoms with E-state index in [1.807, 2.05) is 37.3 Å². The summed E-state index contributed by atoms with van der Waals surface area (Å²) in [5, 5.41) is 9.82. The molecular weight excluding hydrogens is 464 g/mol. The molecule has 0 saturated carbocycles. The topological polar surface area (TPSA) is 87.2 Å². The lowest BCUT2D eigenvalue weighted by atomic mass is 10.0. The van der Waals surface area contributed by atoms with Gasteiger partial charge in [-0.05, 0) is 61.6 Å². The fourth-order valence-electron chi connectivity index (χ4n) is 4.73. The van der Waals surface area contributed by atoms with Crippen LogP contribution in [-0.2, 0) is 10.0 Å². The number of carbonyl (C=O) groups excluding carboxylic acids is 1. The quantitative estimate of drug-likeness (QED) is 0.655. The molecule has 0 fully saturated rings. The third-order valence-corrected chi connectivity index (χ3v) is 8.92. The van der Waals surface area contributed by atoms with Crippen LogP contribution >= 0.6 is 0 Å². The number of carbonyl (C=O) groups is 1. The van der Waals surface area contributed by atoms with Gasteiger partial charge in [0.1, 0.15) is 16.7 Å². The van der Waals surface area contributed by atoms with Crippen LogP contribution in [0, 0.1) is 5.92 Å². The van der Waals surface area contributed by atoms with Crippen LogP contribution in [0.1, 0.15) is 49.0 Å². The molecule has 0 radical (unpaired) electrons. The van der Waals surface area contributed by atoms with Crippen molar-refractivity contribution in [3.63, 3.8) is 0 Å². The molecule has 2 aliphatic rings. The zero-order valence-corrected chi connectivity index (χ0v) is 21.4. The molecule has 8 heteroatoms. The maximum atomic E-state index is 13.6. The molecule has 3 atom stereocenters. The predicted molar refractivity (Wildman–Crippen MR) is 136 cm³/mol. The summed E-state index contributed by atoms with van der Waals surface area (Å²) in [7, 11) is -2.16. The van der Waals surface area contributed by atoms with Crippen molar-refractivity contribution < 1.29 is 23.1 Å². The van der Waals surface area contributed by atoms with Gasteiger partial charge in [0, 0.05) is 31.1 Å². The van der Waals surface area contributed by atoms with Crippen LogP contribution in [0.5, 0.6) is 5.75 Å². The van der Waals surface area contributed by atoms with Gasteiger partial charge in [-0.25, -0.2) is 8.42 Å². The average Bonchev–Trinajstić information content (AvgIpc) is 3.40. The normalized spacial score (nSPS) is 22.8. The van der Waals surface area contributed by atoms with E-state index >= 15 is 0 Å². The minimum Gasteiger partial charge on any atom is -0.487 e. The molecule has 1 N–H and O–H groups in total. The lowest BCUT2D eigenvalue weighted by Gasteiger charge is -2.37. The number of nitrogens with zero attached hydrogens (tertiary/aromatic N) is 2. The highest BCUT2D eigenvalue weighted by Crippen LogP contribution is 2.37. The van der Waals surface area contributed by atoms with Crippen LogP contribution in [0.4, 0.5) is 0 Å². The number of rotatable bonds is 6. The van der Waals surface area contributed by atoms with Gasteiger partial charge >= 0.3 is 0 Å². The summed E-state index contributed by atoms with van der Waals surface area (Å²) in [5.41, 5.74) is 2.73. The Bertz CT molecular complexity index is 1200. The summed E-state index contributed by atoms with van der Waals surface area (Å²) in [6.45, 7) is 3.80. The molecule has 2 aromatic carbocycles. The molecule has 35 heavy (non-hydrogen) atoms. The lowest BCUT2D eigenvalue weighted by molar-refractivity contribution is 0.0563. The summed E-state index contributed by atoms with van der Waals surface area (Å²) < 4.78 is 35.0. The van der Waals surface area contributed by atoms with Gasteiger partial charge < -0.3 is 14.7 Å². The Morgan fingerprint density at radius 1 is 1.23 bits per heavy atom. The SMILES string of the molecule is C[C@H]1CN([C@@H](C)CO)S(=O)(=O)c2ccc(C3=CCCC3)cc2O[C@@H]1CN(C)C(=O)c1ccccc1. The van der Waals surface area contributed by atoms with Gasteiger partial charge in [-0.1, -0.05) is 37.3 Å². The molecule has 7 nitrogen and oxygen atoms in total. The Balaban J connectivity index is 1.72. The number of benzene rings is 2. The zero-order chi connectivity index (χ0) is 25.2. The van der Waals surface area contributed by atoms with Crippen LogP contribution in [0.3, 0.4) is 0 Å². The first-order valence-corrected chi connectivity index (χ1v) is 13.6. The van der Waals surface area contributed by atoms with Crippen molar-refractivity contribution in [1.29, 1.82) is 0 Å². The Morgan fingerprint density at radius 2 is 1.97 bits per heavy atom. The largest absolute Gasteiger partial charge is 0.487 e. The van der Waals surface area contributed by atoms with Crippen molar-refractivity contribution >= 4 is 21.5 Å². The first-order chi connectivity index (χ1) is 16.7. The number of fused-ring (bicyclic) bond motifs is 1. The second kappa shape index (κ2) is 10.5. The molecule has 1 amide bonds. The van der Waals surface area contributed by atoms with E-state index in [2.05, 4.69) is 6.08 Å². The van der Waals surface area contributed by atoms with Crippen LogP contribution in [-0.4, -0.2) is 67.5 Å². The van der Waals surface area contributed by atoms with E-state index in [0.717, 1.165) is 24.8 Å². The van der Waals surface area contributed by atoms with Crippen molar-refractivity contribution in [1.82, 2.24) is 9.21 Å². The van der Waals surface area contributed by atoms with Crippen LogP contribution < -0.4 is 4.74 Å². The number of aliphatic hydroxyl groups is 1. The average molecular weight is 499 g/mol. The number of hydrogen-bond donors (Lipinski definition) is 1. The van der Waals surface area contributed by atoms with E-state index in [4.69, 9.17) is 4.74 Å². The third kappa shape index (κ3) is 5.29. The van der Waals surface area contributed by atoms with Crippen molar-refractivity contribution in [2.24, 2.45) is 5.92 Å². The molecule has 2 aromatic rings. The Kier molecular flexibility index (Phi) is 7.64. The van der Waals surface area contributed by atoms with Crippen molar-refractivity contribution in [2.75, 3.05) is 26.7 Å². The van der Waals surface area contributed by atoms with Gasteiger partial charge in [-0.2, -0.15) is 4.31 Å². The van der Waals surface area contributed by atoms with Crippen molar-refractivity contribution in [3.8, 4) is 5.75 Å². The number of allylic oxidation sites excluding steroid dienone is 2. The molecule has 0 aromatic heterocycles. The van der Waals surface area contributed by atoms with E-state index in [0.29, 0.717) is 17.9 Å². The number of aliphatic hydroxyl groups excluding tert-OH is 1. The molecule has 1 heterocycles. The molecular formula is C27H34N2O5S. The summed E-state index contributed by atoms with van der Waals surface area (Å²) in [4.78, 5) is 14.7. The Morgan fingerprint density at radius 3 is 2.63 bits per heavy atom. The second-order valence-electron chi connectivity index (χ2n) is 9.57. The van der Waals surface area contributed by atoms with Crippen molar-refractivity contribution in [3.05, 3.63) is 65.7 Å². The van der Waals surface area contributed by atoms with Gasteiger partial charge in [-0.15, -0.1) is 0 Å². The number of ether oxygens (including phenoxy) is 1. The van der Waals surface area contributed by atoms with Gasteiger partial charge in [-0.3, -0.25) is 4.79 Å². The number of hydrogen-bond acceptors (Lipinski definition) is 5. The Labute approximate surface area is 208 Å². The summed E-state index contributed by atoms with van der Waals surface area (Å²) in [5.74, 6) is -0.0587. The second-order valence-corrected chi connectivity index (χ2v) is 11.4. The standard InChI is InChI=1S/C27H34N2O5S/c1-19-16-29(20(2)18-30)35(32,33)26-14-13-23(21-9-7-8-10-21)15-24(26)34-25(19)17-28(3)27(31)22-11-5-4-6-12-22/h4-6,9,11-15,19-20,25,30H,7-8,10,16-18H2,1-3H3/t19-,20-,25+/m0/s1. The highest BCUT2D eigenvalue weighted by atomic mass is 32.2. The maximum Gasteiger partial charge on any atom is 0.253 e. The predicted octanol–water partition coefficient (Wildman–Crippen LogP) is 3.79. The molecule has 188 valence electrons. The Hall–Kier alpha value is -2.68. The number of sulfonamides is 1. The minimum absolute atomic E-state index is 0.0917. The van der Waals surface area contributed by atoms with Gasteiger partial charge in [0.15, 0.2) is 0 Å². The molecule has 0 bridgehead atoms. The van der Waals surface area contributed by atoms with E-state index in [-0.39, 0.29) is 29.9 Å². The zero-order valence-electron chi connectivity index (χ0n) is 20.6. The molecule has 1 aliphatic heterocycles. The monoisotopic (exact) mass is 498 g/mol. The van der Waals surface area contributed by atoms with E-state index in [1.165, 1.54) is 9.88 Å². The van der Waals surface area contributed by atoms with Gasteiger partial charge in [0.2, 0.25) is 10.0 Å². The fourth-order valence-corrected chi connectivity index (χ4v) is 6.56. The van der Waals surface area contributed by atoms with Gasteiger partial charge in [0.05, 0.1) is 13.2 Å².